The van der Waals surface area contributed by atoms with Crippen LogP contribution in [0.1, 0.15) is 18.9 Å². The molecule has 6 heteroatoms. The van der Waals surface area contributed by atoms with Crippen LogP contribution < -0.4 is 5.32 Å². The Morgan fingerprint density at radius 3 is 2.48 bits per heavy atom. The van der Waals surface area contributed by atoms with Crippen LogP contribution in [-0.2, 0) is 16.0 Å². The third-order valence-electron chi connectivity index (χ3n) is 3.20. The molecule has 1 aliphatic rings. The highest BCUT2D eigenvalue weighted by Crippen LogP contribution is 2.12. The maximum atomic E-state index is 12.8. The molecule has 1 fully saturated rings. The largest absolute Gasteiger partial charge is 0.331 e. The van der Waals surface area contributed by atoms with Gasteiger partial charge in [-0.05, 0) is 37.5 Å². The van der Waals surface area contributed by atoms with Gasteiger partial charge in [-0.2, -0.15) is 0 Å². The summed E-state index contributed by atoms with van der Waals surface area (Å²) in [6.07, 6.45) is 2.53. The number of aryl methyl sites for hydroxylation is 1. The molecule has 0 unspecified atom stereocenters. The van der Waals surface area contributed by atoms with E-state index in [1.807, 2.05) is 0 Å². The SMILES string of the molecule is CCN1C(=O)NC(=O)/C(=C\CCc2ccc(F)cc2)C1=O. The summed E-state index contributed by atoms with van der Waals surface area (Å²) in [6, 6.07) is 5.33. The molecule has 1 aromatic rings. The molecule has 110 valence electrons. The molecule has 0 atom stereocenters. The van der Waals surface area contributed by atoms with Gasteiger partial charge in [0.25, 0.3) is 11.8 Å². The molecule has 1 saturated heterocycles. The quantitative estimate of drug-likeness (QED) is 0.679. The van der Waals surface area contributed by atoms with Crippen molar-refractivity contribution in [3.05, 3.63) is 47.3 Å². The third-order valence-corrected chi connectivity index (χ3v) is 3.20. The van der Waals surface area contributed by atoms with Crippen molar-refractivity contribution in [2.75, 3.05) is 6.54 Å². The summed E-state index contributed by atoms with van der Waals surface area (Å²) >= 11 is 0. The highest BCUT2D eigenvalue weighted by atomic mass is 19.1. The van der Waals surface area contributed by atoms with Crippen LogP contribution in [0.25, 0.3) is 0 Å². The minimum absolute atomic E-state index is 0.0291. The number of hydrogen-bond donors (Lipinski definition) is 1. The summed E-state index contributed by atoms with van der Waals surface area (Å²) in [7, 11) is 0. The Morgan fingerprint density at radius 1 is 1.19 bits per heavy atom. The zero-order valence-electron chi connectivity index (χ0n) is 11.6. The number of barbiturate groups is 1. The molecule has 2 rings (SSSR count). The van der Waals surface area contributed by atoms with Crippen LogP contribution in [0.5, 0.6) is 0 Å². The fraction of sp³-hybridized carbons (Fsp3) is 0.267. The molecule has 4 amide bonds. The van der Waals surface area contributed by atoms with E-state index in [1.54, 1.807) is 19.1 Å². The highest BCUT2D eigenvalue weighted by Gasteiger charge is 2.34. The van der Waals surface area contributed by atoms with E-state index >= 15 is 0 Å². The number of allylic oxidation sites excluding steroid dienone is 1. The van der Waals surface area contributed by atoms with Gasteiger partial charge in [-0.25, -0.2) is 9.18 Å². The molecule has 5 nitrogen and oxygen atoms in total. The lowest BCUT2D eigenvalue weighted by Gasteiger charge is -2.24. The van der Waals surface area contributed by atoms with Crippen molar-refractivity contribution in [3.63, 3.8) is 0 Å². The van der Waals surface area contributed by atoms with E-state index in [0.717, 1.165) is 10.5 Å². The van der Waals surface area contributed by atoms with Gasteiger partial charge in [0.15, 0.2) is 0 Å². The second-order valence-electron chi connectivity index (χ2n) is 4.59. The number of nitrogens with zero attached hydrogens (tertiary/aromatic N) is 1. The fourth-order valence-corrected chi connectivity index (χ4v) is 2.07. The fourth-order valence-electron chi connectivity index (χ4n) is 2.07. The van der Waals surface area contributed by atoms with Gasteiger partial charge in [-0.1, -0.05) is 18.2 Å². The molecular formula is C15H15FN2O3. The lowest BCUT2D eigenvalue weighted by molar-refractivity contribution is -0.130. The van der Waals surface area contributed by atoms with Crippen molar-refractivity contribution in [2.24, 2.45) is 0 Å². The Balaban J connectivity index is 2.05. The van der Waals surface area contributed by atoms with Crippen LogP contribution in [0, 0.1) is 5.82 Å². The number of benzene rings is 1. The van der Waals surface area contributed by atoms with Gasteiger partial charge in [-0.15, -0.1) is 0 Å². The van der Waals surface area contributed by atoms with Crippen LogP contribution >= 0.6 is 0 Å². The molecule has 0 radical (unpaired) electrons. The van der Waals surface area contributed by atoms with E-state index < -0.39 is 17.8 Å². The van der Waals surface area contributed by atoms with Crippen molar-refractivity contribution < 1.29 is 18.8 Å². The van der Waals surface area contributed by atoms with Gasteiger partial charge < -0.3 is 0 Å². The first-order valence-electron chi connectivity index (χ1n) is 6.64. The van der Waals surface area contributed by atoms with Crippen LogP contribution in [-0.4, -0.2) is 29.3 Å². The summed E-state index contributed by atoms with van der Waals surface area (Å²) in [6.45, 7) is 1.86. The van der Waals surface area contributed by atoms with Crippen molar-refractivity contribution in [1.29, 1.82) is 0 Å². The summed E-state index contributed by atoms with van der Waals surface area (Å²) in [4.78, 5) is 36.1. The first kappa shape index (κ1) is 14.9. The van der Waals surface area contributed by atoms with Crippen LogP contribution in [0.2, 0.25) is 0 Å². The molecule has 1 aromatic carbocycles. The molecule has 1 aliphatic heterocycles. The van der Waals surface area contributed by atoms with E-state index in [2.05, 4.69) is 5.32 Å². The van der Waals surface area contributed by atoms with Gasteiger partial charge in [-0.3, -0.25) is 19.8 Å². The molecule has 1 heterocycles. The second kappa shape index (κ2) is 6.30. The van der Waals surface area contributed by atoms with Gasteiger partial charge in [0.05, 0.1) is 0 Å². The lowest BCUT2D eigenvalue weighted by atomic mass is 10.1. The maximum Gasteiger partial charge on any atom is 0.331 e. The van der Waals surface area contributed by atoms with Crippen LogP contribution in [0.4, 0.5) is 9.18 Å². The predicted octanol–water partition coefficient (Wildman–Crippen LogP) is 1.78. The Morgan fingerprint density at radius 2 is 1.86 bits per heavy atom. The van der Waals surface area contributed by atoms with E-state index in [1.165, 1.54) is 18.2 Å². The summed E-state index contributed by atoms with van der Waals surface area (Å²) in [5.74, 6) is -1.56. The highest BCUT2D eigenvalue weighted by molar-refractivity contribution is 6.28. The van der Waals surface area contributed by atoms with Gasteiger partial charge in [0, 0.05) is 6.54 Å². The van der Waals surface area contributed by atoms with Crippen molar-refractivity contribution in [3.8, 4) is 0 Å². The Bertz CT molecular complexity index is 608. The molecule has 0 saturated carbocycles. The monoisotopic (exact) mass is 290 g/mol. The molecule has 0 spiro atoms. The number of nitrogens with one attached hydrogen (secondary N) is 1. The van der Waals surface area contributed by atoms with E-state index in [0.29, 0.717) is 12.8 Å². The van der Waals surface area contributed by atoms with Crippen LogP contribution in [0.3, 0.4) is 0 Å². The molecular weight excluding hydrogens is 275 g/mol. The zero-order chi connectivity index (χ0) is 15.4. The van der Waals surface area contributed by atoms with Gasteiger partial charge in [0.1, 0.15) is 11.4 Å². The average molecular weight is 290 g/mol. The number of carbonyl (C=O) groups excluding carboxylic acids is 3. The minimum Gasteiger partial charge on any atom is -0.273 e. The van der Waals surface area contributed by atoms with Crippen molar-refractivity contribution in [2.45, 2.75) is 19.8 Å². The second-order valence-corrected chi connectivity index (χ2v) is 4.59. The lowest BCUT2D eigenvalue weighted by Crippen LogP contribution is -2.53. The van der Waals surface area contributed by atoms with E-state index in [-0.39, 0.29) is 17.9 Å². The van der Waals surface area contributed by atoms with Crippen LogP contribution in [0.15, 0.2) is 35.9 Å². The number of likely N-dealkylation sites (N-methyl/N-ethyl adjacent to an activating group) is 1. The Labute approximate surface area is 121 Å². The van der Waals surface area contributed by atoms with Crippen molar-refractivity contribution in [1.82, 2.24) is 10.2 Å². The average Bonchev–Trinajstić information content (AvgIpc) is 2.44. The summed E-state index contributed by atoms with van der Waals surface area (Å²) < 4.78 is 12.8. The predicted molar refractivity (Wildman–Crippen MR) is 73.7 cm³/mol. The number of imide groups is 2. The summed E-state index contributed by atoms with van der Waals surface area (Å²) in [5.41, 5.74) is 0.874. The van der Waals surface area contributed by atoms with E-state index in [4.69, 9.17) is 0 Å². The topological polar surface area (TPSA) is 66.5 Å². The first-order valence-corrected chi connectivity index (χ1v) is 6.64. The third kappa shape index (κ3) is 3.34. The Kier molecular flexibility index (Phi) is 4.47. The molecule has 21 heavy (non-hydrogen) atoms. The zero-order valence-corrected chi connectivity index (χ0v) is 11.6. The number of rotatable bonds is 4. The van der Waals surface area contributed by atoms with Gasteiger partial charge >= 0.3 is 6.03 Å². The summed E-state index contributed by atoms with van der Waals surface area (Å²) in [5, 5.41) is 2.13. The standard InChI is InChI=1S/C15H15FN2O3/c1-2-18-14(20)12(13(19)17-15(18)21)5-3-4-10-6-8-11(16)9-7-10/h5-9H,2-4H2,1H3,(H,17,19,21)/b12-5+. The molecule has 0 bridgehead atoms. The Hall–Kier alpha value is -2.50. The normalized spacial score (nSPS) is 17.3. The smallest absolute Gasteiger partial charge is 0.273 e. The first-order chi connectivity index (χ1) is 10.0. The number of halogens is 1. The van der Waals surface area contributed by atoms with Crippen molar-refractivity contribution >= 4 is 17.8 Å². The number of hydrogen-bond acceptors (Lipinski definition) is 3. The maximum absolute atomic E-state index is 12.8. The number of carbonyl (C=O) groups is 3. The number of amides is 4. The van der Waals surface area contributed by atoms with E-state index in [9.17, 15) is 18.8 Å². The number of urea groups is 1. The minimum atomic E-state index is -0.691. The molecule has 1 N–H and O–H groups in total. The molecule has 0 aliphatic carbocycles. The molecule has 0 aromatic heterocycles. The van der Waals surface area contributed by atoms with Gasteiger partial charge in [0.2, 0.25) is 0 Å².